The van der Waals surface area contributed by atoms with Crippen molar-refractivity contribution in [1.29, 1.82) is 0 Å². The first-order valence-corrected chi connectivity index (χ1v) is 7.08. The summed E-state index contributed by atoms with van der Waals surface area (Å²) < 4.78 is 19.0. The van der Waals surface area contributed by atoms with E-state index in [0.717, 1.165) is 25.0 Å². The first-order valence-electron chi connectivity index (χ1n) is 7.08. The normalized spacial score (nSPS) is 22.3. The van der Waals surface area contributed by atoms with Gasteiger partial charge in [-0.15, -0.1) is 0 Å². The first-order chi connectivity index (χ1) is 10.0. The molecule has 5 nitrogen and oxygen atoms in total. The van der Waals surface area contributed by atoms with E-state index in [1.54, 1.807) is 13.1 Å². The van der Waals surface area contributed by atoms with E-state index in [4.69, 9.17) is 9.84 Å². The van der Waals surface area contributed by atoms with Gasteiger partial charge < -0.3 is 20.5 Å². The Balaban J connectivity index is 1.83. The fourth-order valence-corrected chi connectivity index (χ4v) is 2.31. The van der Waals surface area contributed by atoms with Crippen LogP contribution < -0.4 is 10.6 Å². The first kappa shape index (κ1) is 15.6. The Morgan fingerprint density at radius 2 is 2.29 bits per heavy atom. The van der Waals surface area contributed by atoms with Gasteiger partial charge >= 0.3 is 0 Å². The van der Waals surface area contributed by atoms with E-state index in [-0.39, 0.29) is 11.4 Å². The van der Waals surface area contributed by atoms with E-state index in [1.165, 1.54) is 12.1 Å². The van der Waals surface area contributed by atoms with Crippen LogP contribution in [0.25, 0.3) is 0 Å². The van der Waals surface area contributed by atoms with Gasteiger partial charge in [-0.3, -0.25) is 4.99 Å². The lowest BCUT2D eigenvalue weighted by molar-refractivity contribution is 0.0243. The van der Waals surface area contributed by atoms with Gasteiger partial charge in [0.25, 0.3) is 0 Å². The van der Waals surface area contributed by atoms with Crippen LogP contribution in [0.5, 0.6) is 5.75 Å². The highest BCUT2D eigenvalue weighted by atomic mass is 19.1. The zero-order valence-corrected chi connectivity index (χ0v) is 12.4. The highest BCUT2D eigenvalue weighted by Crippen LogP contribution is 2.23. The maximum absolute atomic E-state index is 13.2. The maximum atomic E-state index is 13.2. The van der Waals surface area contributed by atoms with E-state index in [2.05, 4.69) is 22.5 Å². The molecule has 1 unspecified atom stereocenters. The zero-order valence-electron chi connectivity index (χ0n) is 12.4. The number of hydrogen-bond acceptors (Lipinski definition) is 3. The zero-order chi connectivity index (χ0) is 15.3. The second kappa shape index (κ2) is 6.76. The highest BCUT2D eigenvalue weighted by Gasteiger charge is 2.29. The van der Waals surface area contributed by atoms with Gasteiger partial charge in [-0.1, -0.05) is 6.07 Å². The van der Waals surface area contributed by atoms with Gasteiger partial charge in [0.2, 0.25) is 0 Å². The van der Waals surface area contributed by atoms with E-state index >= 15 is 0 Å². The predicted molar refractivity (Wildman–Crippen MR) is 79.9 cm³/mol. The average molecular weight is 295 g/mol. The molecule has 1 fully saturated rings. The van der Waals surface area contributed by atoms with Crippen LogP contribution >= 0.6 is 0 Å². The number of ether oxygens (including phenoxy) is 1. The van der Waals surface area contributed by atoms with Crippen molar-refractivity contribution in [2.24, 2.45) is 4.99 Å². The minimum absolute atomic E-state index is 0.151. The van der Waals surface area contributed by atoms with Gasteiger partial charge in [-0.2, -0.15) is 0 Å². The molecule has 1 aliphatic heterocycles. The maximum Gasteiger partial charge on any atom is 0.191 e. The number of aromatic hydroxyl groups is 1. The number of nitrogens with zero attached hydrogens (tertiary/aromatic N) is 1. The lowest BCUT2D eigenvalue weighted by Gasteiger charge is -2.24. The Bertz CT molecular complexity index is 514. The SMILES string of the molecule is CN=C(NCc1ccc(O)c(F)c1)NCC1(C)CCCO1. The van der Waals surface area contributed by atoms with Gasteiger partial charge in [0.15, 0.2) is 17.5 Å². The van der Waals surface area contributed by atoms with Crippen LogP contribution in [0.2, 0.25) is 0 Å². The summed E-state index contributed by atoms with van der Waals surface area (Å²) in [5.41, 5.74) is 0.582. The smallest absolute Gasteiger partial charge is 0.191 e. The Kier molecular flexibility index (Phi) is 5.01. The molecule has 116 valence electrons. The van der Waals surface area contributed by atoms with E-state index in [9.17, 15) is 4.39 Å². The van der Waals surface area contributed by atoms with Crippen molar-refractivity contribution in [2.45, 2.75) is 31.9 Å². The summed E-state index contributed by atoms with van der Waals surface area (Å²) in [7, 11) is 1.69. The Morgan fingerprint density at radius 3 is 2.90 bits per heavy atom. The number of halogens is 1. The molecule has 1 atom stereocenters. The fourth-order valence-electron chi connectivity index (χ4n) is 2.31. The largest absolute Gasteiger partial charge is 0.505 e. The molecule has 0 saturated carbocycles. The molecule has 6 heteroatoms. The second-order valence-electron chi connectivity index (χ2n) is 5.47. The Morgan fingerprint density at radius 1 is 1.48 bits per heavy atom. The summed E-state index contributed by atoms with van der Waals surface area (Å²) in [6.45, 7) is 3.98. The van der Waals surface area contributed by atoms with Crippen LogP contribution in [0.1, 0.15) is 25.3 Å². The molecule has 0 radical (unpaired) electrons. The highest BCUT2D eigenvalue weighted by molar-refractivity contribution is 5.79. The summed E-state index contributed by atoms with van der Waals surface area (Å²) in [6, 6.07) is 4.31. The molecule has 2 rings (SSSR count). The van der Waals surface area contributed by atoms with Crippen molar-refractivity contribution >= 4 is 5.96 Å². The van der Waals surface area contributed by atoms with E-state index in [0.29, 0.717) is 19.0 Å². The van der Waals surface area contributed by atoms with Crippen molar-refractivity contribution < 1.29 is 14.2 Å². The topological polar surface area (TPSA) is 65.9 Å². The number of phenolic OH excluding ortho intramolecular Hbond substituents is 1. The quantitative estimate of drug-likeness (QED) is 0.585. The van der Waals surface area contributed by atoms with Crippen LogP contribution in [0.4, 0.5) is 4.39 Å². The molecular formula is C15H22FN3O2. The molecule has 0 bridgehead atoms. The van der Waals surface area contributed by atoms with Crippen LogP contribution in [-0.2, 0) is 11.3 Å². The van der Waals surface area contributed by atoms with Crippen molar-refractivity contribution in [2.75, 3.05) is 20.2 Å². The summed E-state index contributed by atoms with van der Waals surface area (Å²) in [5, 5.41) is 15.5. The molecule has 21 heavy (non-hydrogen) atoms. The van der Waals surface area contributed by atoms with Crippen LogP contribution in [0.15, 0.2) is 23.2 Å². The van der Waals surface area contributed by atoms with Gasteiger partial charge in [0, 0.05) is 26.7 Å². The number of phenols is 1. The third kappa shape index (κ3) is 4.32. The Hall–Kier alpha value is -1.82. The summed E-state index contributed by atoms with van der Waals surface area (Å²) in [6.07, 6.45) is 2.11. The molecule has 1 aliphatic rings. The number of benzene rings is 1. The third-order valence-corrected chi connectivity index (χ3v) is 3.63. The molecule has 0 amide bonds. The van der Waals surface area contributed by atoms with Gasteiger partial charge in [0.05, 0.1) is 5.60 Å². The summed E-state index contributed by atoms with van der Waals surface area (Å²) in [4.78, 5) is 4.13. The van der Waals surface area contributed by atoms with Crippen molar-refractivity contribution in [1.82, 2.24) is 10.6 Å². The molecule has 0 aliphatic carbocycles. The molecule has 1 saturated heterocycles. The van der Waals surface area contributed by atoms with Gasteiger partial charge in [-0.05, 0) is 37.5 Å². The third-order valence-electron chi connectivity index (χ3n) is 3.63. The van der Waals surface area contributed by atoms with Crippen LogP contribution in [0.3, 0.4) is 0 Å². The lowest BCUT2D eigenvalue weighted by Crippen LogP contribution is -2.45. The molecular weight excluding hydrogens is 273 g/mol. The number of nitrogens with one attached hydrogen (secondary N) is 2. The van der Waals surface area contributed by atoms with E-state index in [1.807, 2.05) is 0 Å². The standard InChI is InChI=1S/C15H22FN3O2/c1-15(6-3-7-21-15)10-19-14(17-2)18-9-11-4-5-13(20)12(16)8-11/h4-5,8,20H,3,6-7,9-10H2,1-2H3,(H2,17,18,19). The fraction of sp³-hybridized carbons (Fsp3) is 0.533. The van der Waals surface area contributed by atoms with Gasteiger partial charge in [0.1, 0.15) is 0 Å². The molecule has 1 heterocycles. The molecule has 0 aromatic heterocycles. The minimum atomic E-state index is -0.621. The second-order valence-corrected chi connectivity index (χ2v) is 5.47. The molecule has 3 N–H and O–H groups in total. The Labute approximate surface area is 124 Å². The summed E-state index contributed by atoms with van der Waals surface area (Å²) >= 11 is 0. The van der Waals surface area contributed by atoms with Crippen molar-refractivity contribution in [3.8, 4) is 5.75 Å². The van der Waals surface area contributed by atoms with Crippen molar-refractivity contribution in [3.05, 3.63) is 29.6 Å². The molecule has 0 spiro atoms. The molecule has 1 aromatic carbocycles. The number of hydrogen-bond donors (Lipinski definition) is 3. The monoisotopic (exact) mass is 295 g/mol. The summed E-state index contributed by atoms with van der Waals surface area (Å²) in [5.74, 6) is -0.322. The lowest BCUT2D eigenvalue weighted by atomic mass is 10.0. The van der Waals surface area contributed by atoms with Gasteiger partial charge in [-0.25, -0.2) is 4.39 Å². The van der Waals surface area contributed by atoms with Crippen LogP contribution in [-0.4, -0.2) is 36.9 Å². The minimum Gasteiger partial charge on any atom is -0.505 e. The van der Waals surface area contributed by atoms with E-state index < -0.39 is 5.82 Å². The van der Waals surface area contributed by atoms with Crippen molar-refractivity contribution in [3.63, 3.8) is 0 Å². The number of guanidine groups is 1. The number of aliphatic imine (C=N–C) groups is 1. The predicted octanol–water partition coefficient (Wildman–Crippen LogP) is 1.77. The average Bonchev–Trinajstić information content (AvgIpc) is 2.90. The number of rotatable bonds is 4. The van der Waals surface area contributed by atoms with Crippen LogP contribution in [0, 0.1) is 5.82 Å². The molecule has 1 aromatic rings.